The molecule has 0 bridgehead atoms. The van der Waals surface area contributed by atoms with Gasteiger partial charge in [0.25, 0.3) is 0 Å². The van der Waals surface area contributed by atoms with Gasteiger partial charge in [-0.05, 0) is 25.3 Å². The molecular weight excluding hydrogens is 218 g/mol. The zero-order chi connectivity index (χ0) is 12.7. The maximum absolute atomic E-state index is 11.0. The second-order valence-corrected chi connectivity index (χ2v) is 4.03. The topological polar surface area (TPSA) is 72.5 Å². The van der Waals surface area contributed by atoms with E-state index in [1.165, 1.54) is 0 Å². The van der Waals surface area contributed by atoms with Crippen LogP contribution in [-0.4, -0.2) is 29.8 Å². The van der Waals surface area contributed by atoms with E-state index in [9.17, 15) is 4.79 Å². The van der Waals surface area contributed by atoms with Crippen molar-refractivity contribution in [2.75, 3.05) is 6.54 Å². The van der Waals surface area contributed by atoms with Crippen molar-refractivity contribution in [3.05, 3.63) is 35.9 Å². The first kappa shape index (κ1) is 13.7. The number of aryl methyl sites for hydroxylation is 1. The minimum Gasteiger partial charge on any atom is -0.479 e. The van der Waals surface area contributed by atoms with Gasteiger partial charge in [-0.25, -0.2) is 4.79 Å². The second kappa shape index (κ2) is 7.04. The summed E-state index contributed by atoms with van der Waals surface area (Å²) >= 11 is 0. The van der Waals surface area contributed by atoms with Crippen molar-refractivity contribution in [3.63, 3.8) is 0 Å². The number of aliphatic carboxylic acids is 1. The number of nitrogens with two attached hydrogens (primary N) is 1. The van der Waals surface area contributed by atoms with Crippen LogP contribution in [0, 0.1) is 0 Å². The highest BCUT2D eigenvalue weighted by Crippen LogP contribution is 2.09. The Kier molecular flexibility index (Phi) is 5.66. The minimum atomic E-state index is -0.929. The molecule has 2 unspecified atom stereocenters. The van der Waals surface area contributed by atoms with Gasteiger partial charge in [0, 0.05) is 6.54 Å². The third kappa shape index (κ3) is 4.97. The lowest BCUT2D eigenvalue weighted by atomic mass is 10.1. The third-order valence-corrected chi connectivity index (χ3v) is 2.54. The van der Waals surface area contributed by atoms with Crippen molar-refractivity contribution in [2.24, 2.45) is 5.73 Å². The Hall–Kier alpha value is -1.39. The highest BCUT2D eigenvalue weighted by Gasteiger charge is 2.20. The summed E-state index contributed by atoms with van der Waals surface area (Å²) in [5.74, 6) is -0.929. The zero-order valence-corrected chi connectivity index (χ0v) is 10.0. The van der Waals surface area contributed by atoms with Crippen LogP contribution in [0.4, 0.5) is 0 Å². The summed E-state index contributed by atoms with van der Waals surface area (Å²) in [6, 6.07) is 9.77. The molecule has 0 fully saturated rings. The van der Waals surface area contributed by atoms with Gasteiger partial charge in [-0.3, -0.25) is 0 Å². The van der Waals surface area contributed by atoms with Crippen LogP contribution in [0.5, 0.6) is 0 Å². The first-order chi connectivity index (χ1) is 8.13. The van der Waals surface area contributed by atoms with Crippen LogP contribution in [0.1, 0.15) is 18.9 Å². The van der Waals surface area contributed by atoms with Crippen LogP contribution in [-0.2, 0) is 16.0 Å². The molecule has 94 valence electrons. The Labute approximate surface area is 101 Å². The Balaban J connectivity index is 2.47. The molecule has 3 N–H and O–H groups in total. The van der Waals surface area contributed by atoms with Gasteiger partial charge in [-0.1, -0.05) is 30.3 Å². The van der Waals surface area contributed by atoms with Crippen LogP contribution >= 0.6 is 0 Å². The Bertz CT molecular complexity index is 340. The largest absolute Gasteiger partial charge is 0.479 e. The number of ether oxygens (including phenoxy) is 1. The molecule has 0 radical (unpaired) electrons. The smallest absolute Gasteiger partial charge is 0.332 e. The molecule has 2 atom stereocenters. The van der Waals surface area contributed by atoms with E-state index in [1.54, 1.807) is 6.92 Å². The van der Waals surface area contributed by atoms with Gasteiger partial charge in [0.05, 0.1) is 6.10 Å². The summed E-state index contributed by atoms with van der Waals surface area (Å²) in [7, 11) is 0. The van der Waals surface area contributed by atoms with E-state index in [2.05, 4.69) is 0 Å². The number of rotatable bonds is 7. The highest BCUT2D eigenvalue weighted by atomic mass is 16.5. The summed E-state index contributed by atoms with van der Waals surface area (Å²) in [6.07, 6.45) is 0.138. The van der Waals surface area contributed by atoms with Gasteiger partial charge in [-0.15, -0.1) is 0 Å². The van der Waals surface area contributed by atoms with Gasteiger partial charge >= 0.3 is 5.97 Å². The first-order valence-electron chi connectivity index (χ1n) is 5.75. The zero-order valence-electron chi connectivity index (χ0n) is 10.0. The molecule has 1 aromatic carbocycles. The van der Waals surface area contributed by atoms with Gasteiger partial charge < -0.3 is 15.6 Å². The molecule has 4 nitrogen and oxygen atoms in total. The highest BCUT2D eigenvalue weighted by molar-refractivity contribution is 5.72. The van der Waals surface area contributed by atoms with Crippen molar-refractivity contribution in [1.29, 1.82) is 0 Å². The molecule has 1 aromatic rings. The normalized spacial score (nSPS) is 14.2. The summed E-state index contributed by atoms with van der Waals surface area (Å²) < 4.78 is 5.36. The van der Waals surface area contributed by atoms with Crippen LogP contribution in [0.25, 0.3) is 0 Å². The molecule has 0 spiro atoms. The summed E-state index contributed by atoms with van der Waals surface area (Å²) in [6.45, 7) is 2.10. The Morgan fingerprint density at radius 2 is 2.06 bits per heavy atom. The lowest BCUT2D eigenvalue weighted by Gasteiger charge is -2.18. The van der Waals surface area contributed by atoms with E-state index >= 15 is 0 Å². The number of hydrogen-bond acceptors (Lipinski definition) is 3. The molecule has 0 aliphatic rings. The Morgan fingerprint density at radius 3 is 2.59 bits per heavy atom. The molecule has 0 saturated heterocycles. The molecular formula is C13H19NO3. The first-order valence-corrected chi connectivity index (χ1v) is 5.75. The quantitative estimate of drug-likeness (QED) is 0.752. The van der Waals surface area contributed by atoms with Crippen molar-refractivity contribution < 1.29 is 14.6 Å². The maximum atomic E-state index is 11.0. The third-order valence-electron chi connectivity index (χ3n) is 2.54. The molecule has 0 heterocycles. The number of carbonyl (C=O) groups is 1. The van der Waals surface area contributed by atoms with Gasteiger partial charge in [0.1, 0.15) is 0 Å². The van der Waals surface area contributed by atoms with E-state index in [1.807, 2.05) is 30.3 Å². The number of hydrogen-bond donors (Lipinski definition) is 2. The van der Waals surface area contributed by atoms with Crippen molar-refractivity contribution >= 4 is 5.97 Å². The average molecular weight is 237 g/mol. The van der Waals surface area contributed by atoms with Crippen LogP contribution in [0.15, 0.2) is 30.3 Å². The molecule has 1 rings (SSSR count). The molecule has 0 saturated carbocycles. The Morgan fingerprint density at radius 1 is 1.41 bits per heavy atom. The predicted molar refractivity (Wildman–Crippen MR) is 65.8 cm³/mol. The van der Waals surface area contributed by atoms with Gasteiger partial charge in [-0.2, -0.15) is 0 Å². The monoisotopic (exact) mass is 237 g/mol. The average Bonchev–Trinajstić information content (AvgIpc) is 2.35. The lowest BCUT2D eigenvalue weighted by Crippen LogP contribution is -2.32. The van der Waals surface area contributed by atoms with Crippen LogP contribution in [0.3, 0.4) is 0 Å². The number of benzene rings is 1. The van der Waals surface area contributed by atoms with E-state index in [0.717, 1.165) is 5.56 Å². The van der Waals surface area contributed by atoms with Gasteiger partial charge in [0.2, 0.25) is 0 Å². The molecule has 4 heteroatoms. The number of carboxylic acid groups (broad SMARTS) is 1. The fourth-order valence-corrected chi connectivity index (χ4v) is 1.53. The molecule has 0 aliphatic carbocycles. The minimum absolute atomic E-state index is 0.230. The van der Waals surface area contributed by atoms with E-state index in [4.69, 9.17) is 15.6 Å². The standard InChI is InChI=1S/C13H19NO3/c1-10(9-14)17-12(13(15)16)8-7-11-5-3-2-4-6-11/h2-6,10,12H,7-9,14H2,1H3,(H,15,16). The predicted octanol–water partition coefficient (Wildman–Crippen LogP) is 1.44. The van der Waals surface area contributed by atoms with Crippen molar-refractivity contribution in [3.8, 4) is 0 Å². The van der Waals surface area contributed by atoms with E-state index in [-0.39, 0.29) is 6.10 Å². The maximum Gasteiger partial charge on any atom is 0.332 e. The fraction of sp³-hybridized carbons (Fsp3) is 0.462. The number of carboxylic acids is 1. The van der Waals surface area contributed by atoms with E-state index < -0.39 is 12.1 Å². The lowest BCUT2D eigenvalue weighted by molar-refractivity contribution is -0.153. The summed E-state index contributed by atoms with van der Waals surface area (Å²) in [5.41, 5.74) is 6.52. The fourth-order valence-electron chi connectivity index (χ4n) is 1.53. The summed E-state index contributed by atoms with van der Waals surface area (Å²) in [4.78, 5) is 11.0. The van der Waals surface area contributed by atoms with E-state index in [0.29, 0.717) is 19.4 Å². The molecule has 0 amide bonds. The molecule has 0 aromatic heterocycles. The summed E-state index contributed by atoms with van der Waals surface area (Å²) in [5, 5.41) is 9.03. The van der Waals surface area contributed by atoms with Crippen LogP contribution in [0.2, 0.25) is 0 Å². The molecule has 17 heavy (non-hydrogen) atoms. The molecule has 0 aliphatic heterocycles. The SMILES string of the molecule is CC(CN)OC(CCc1ccccc1)C(=O)O. The van der Waals surface area contributed by atoms with Crippen LogP contribution < -0.4 is 5.73 Å². The van der Waals surface area contributed by atoms with Crippen molar-refractivity contribution in [1.82, 2.24) is 0 Å². The van der Waals surface area contributed by atoms with Gasteiger partial charge in [0.15, 0.2) is 6.10 Å². The van der Waals surface area contributed by atoms with Crippen molar-refractivity contribution in [2.45, 2.75) is 32.0 Å². The second-order valence-electron chi connectivity index (χ2n) is 4.03.